The average Bonchev–Trinajstić information content (AvgIpc) is 1.65. The van der Waals surface area contributed by atoms with Crippen LogP contribution in [0.3, 0.4) is 0 Å². The fourth-order valence-corrected chi connectivity index (χ4v) is 0. The molecule has 7 heteroatoms. The standard InChI is InChI=1S/C2H5NO2.CH4N2O.Zn/c3-1-2(4)5;2-1(3)4;/h1,3H2,(H,4,5);(H4,2,3,4);/q;;+2/p-1. The maximum atomic E-state index is 9.13. The number of nitrogens with two attached hydrogens (primary N) is 3. The first kappa shape index (κ1) is 16.2. The first-order chi connectivity index (χ1) is 4.00. The third kappa shape index (κ3) is 167. The second-order valence-electron chi connectivity index (χ2n) is 0.979. The minimum absolute atomic E-state index is 0. The molecule has 0 aromatic heterocycles. The molecule has 0 rings (SSSR count). The van der Waals surface area contributed by atoms with Gasteiger partial charge in [0, 0.05) is 6.54 Å². The molecule has 0 unspecified atom stereocenters. The predicted octanol–water partition coefficient (Wildman–Crippen LogP) is -3.28. The topological polar surface area (TPSA) is 135 Å². The number of carboxylic acids is 1. The van der Waals surface area contributed by atoms with Crippen molar-refractivity contribution < 1.29 is 34.2 Å². The van der Waals surface area contributed by atoms with Crippen molar-refractivity contribution in [2.45, 2.75) is 0 Å². The van der Waals surface area contributed by atoms with Crippen LogP contribution in [0.5, 0.6) is 0 Å². The number of amides is 2. The Morgan fingerprint density at radius 1 is 1.30 bits per heavy atom. The molecule has 0 aromatic carbocycles. The molecular weight excluding hydrogens is 191 g/mol. The molecule has 6 N–H and O–H groups in total. The number of carbonyl (C=O) groups excluding carboxylic acids is 2. The minimum atomic E-state index is -1.22. The maximum absolute atomic E-state index is 9.13. The number of urea groups is 1. The summed E-state index contributed by atoms with van der Waals surface area (Å²) in [4.78, 5) is 18.1. The van der Waals surface area contributed by atoms with E-state index >= 15 is 0 Å². The van der Waals surface area contributed by atoms with Crippen LogP contribution in [0.1, 0.15) is 0 Å². The predicted molar refractivity (Wildman–Crippen MR) is 27.8 cm³/mol. The van der Waals surface area contributed by atoms with Crippen LogP contribution in [0.4, 0.5) is 4.79 Å². The van der Waals surface area contributed by atoms with Crippen LogP contribution < -0.4 is 22.3 Å². The Morgan fingerprint density at radius 3 is 1.40 bits per heavy atom. The molecule has 0 atom stereocenters. The van der Waals surface area contributed by atoms with Crippen molar-refractivity contribution in [3.8, 4) is 0 Å². The van der Waals surface area contributed by atoms with Gasteiger partial charge in [-0.25, -0.2) is 4.79 Å². The van der Waals surface area contributed by atoms with Crippen LogP contribution in [0.2, 0.25) is 0 Å². The molecule has 0 aromatic rings. The van der Waals surface area contributed by atoms with E-state index in [0.29, 0.717) is 0 Å². The molecule has 0 saturated carbocycles. The molecule has 10 heavy (non-hydrogen) atoms. The maximum Gasteiger partial charge on any atom is 2.00 e. The number of hydrogen-bond donors (Lipinski definition) is 3. The Balaban J connectivity index is -0.0000000910. The molecule has 0 aliphatic carbocycles. The fraction of sp³-hybridized carbons (Fsp3) is 0.333. The fourth-order valence-electron chi connectivity index (χ4n) is 0. The van der Waals surface area contributed by atoms with Crippen LogP contribution in [-0.2, 0) is 24.3 Å². The minimum Gasteiger partial charge on any atom is -0.549 e. The second kappa shape index (κ2) is 11.2. The number of carboxylic acid groups (broad SMARTS) is 1. The zero-order valence-corrected chi connectivity index (χ0v) is 8.34. The summed E-state index contributed by atoms with van der Waals surface area (Å²) in [5.74, 6) is -1.22. The van der Waals surface area contributed by atoms with Crippen molar-refractivity contribution in [2.24, 2.45) is 17.2 Å². The van der Waals surface area contributed by atoms with Gasteiger partial charge in [0.1, 0.15) is 0 Å². The van der Waals surface area contributed by atoms with E-state index in [1.807, 2.05) is 0 Å². The number of hydrogen-bond acceptors (Lipinski definition) is 4. The third-order valence-corrected chi connectivity index (χ3v) is 0.167. The van der Waals surface area contributed by atoms with Crippen molar-refractivity contribution in [3.63, 3.8) is 0 Å². The van der Waals surface area contributed by atoms with Crippen molar-refractivity contribution in [1.29, 1.82) is 0 Å². The molecule has 6 nitrogen and oxygen atoms in total. The van der Waals surface area contributed by atoms with Gasteiger partial charge in [-0.3, -0.25) is 0 Å². The Bertz CT molecular complexity index is 103. The zero-order chi connectivity index (χ0) is 7.86. The summed E-state index contributed by atoms with van der Waals surface area (Å²) >= 11 is 0. The molecule has 0 spiro atoms. The van der Waals surface area contributed by atoms with Gasteiger partial charge >= 0.3 is 25.5 Å². The van der Waals surface area contributed by atoms with Gasteiger partial charge in [0.25, 0.3) is 0 Å². The largest absolute Gasteiger partial charge is 2.00 e. The molecular formula is C3H8N3O3Zn+. The zero-order valence-electron chi connectivity index (χ0n) is 5.37. The number of primary amides is 2. The van der Waals surface area contributed by atoms with E-state index in [4.69, 9.17) is 14.7 Å². The number of carbonyl (C=O) groups is 2. The molecule has 54 valence electrons. The molecule has 0 fully saturated rings. The normalized spacial score (nSPS) is 6.10. The van der Waals surface area contributed by atoms with E-state index in [0.717, 1.165) is 0 Å². The first-order valence-corrected chi connectivity index (χ1v) is 1.95. The van der Waals surface area contributed by atoms with Crippen LogP contribution >= 0.6 is 0 Å². The summed E-state index contributed by atoms with van der Waals surface area (Å²) < 4.78 is 0. The van der Waals surface area contributed by atoms with Crippen molar-refractivity contribution in [1.82, 2.24) is 0 Å². The second-order valence-corrected chi connectivity index (χ2v) is 0.979. The SMILES string of the molecule is NC(N)=O.NCC(=O)[O-].[Zn+2]. The van der Waals surface area contributed by atoms with Gasteiger partial charge in [0.2, 0.25) is 0 Å². The Morgan fingerprint density at radius 2 is 1.40 bits per heavy atom. The van der Waals surface area contributed by atoms with Gasteiger partial charge < -0.3 is 27.1 Å². The summed E-state index contributed by atoms with van der Waals surface area (Å²) in [5, 5.41) is 9.13. The number of aliphatic carboxylic acids is 1. The van der Waals surface area contributed by atoms with Gasteiger partial charge in [0.05, 0.1) is 5.97 Å². The van der Waals surface area contributed by atoms with Gasteiger partial charge in [-0.2, -0.15) is 0 Å². The van der Waals surface area contributed by atoms with E-state index < -0.39 is 12.0 Å². The van der Waals surface area contributed by atoms with E-state index in [1.54, 1.807) is 0 Å². The van der Waals surface area contributed by atoms with E-state index in [-0.39, 0.29) is 26.0 Å². The summed E-state index contributed by atoms with van der Waals surface area (Å²) in [6.45, 7) is -0.389. The molecule has 0 saturated heterocycles. The Labute approximate surface area is 70.5 Å². The van der Waals surface area contributed by atoms with Crippen LogP contribution in [0.15, 0.2) is 0 Å². The van der Waals surface area contributed by atoms with Crippen molar-refractivity contribution in [3.05, 3.63) is 0 Å². The first-order valence-electron chi connectivity index (χ1n) is 1.95. The molecule has 0 aliphatic heterocycles. The summed E-state index contributed by atoms with van der Waals surface area (Å²) in [5.41, 5.74) is 13.0. The van der Waals surface area contributed by atoms with E-state index in [2.05, 4.69) is 17.2 Å². The Kier molecular flexibility index (Phi) is 18.0. The quantitative estimate of drug-likeness (QED) is 0.382. The van der Waals surface area contributed by atoms with Gasteiger partial charge in [0.15, 0.2) is 0 Å². The van der Waals surface area contributed by atoms with Crippen LogP contribution in [0.25, 0.3) is 0 Å². The smallest absolute Gasteiger partial charge is 0.549 e. The molecule has 0 radical (unpaired) electrons. The molecule has 0 heterocycles. The third-order valence-electron chi connectivity index (χ3n) is 0.167. The van der Waals surface area contributed by atoms with Crippen LogP contribution in [-0.4, -0.2) is 18.5 Å². The average molecular weight is 200 g/mol. The molecule has 2 amide bonds. The van der Waals surface area contributed by atoms with Crippen molar-refractivity contribution >= 4 is 12.0 Å². The van der Waals surface area contributed by atoms with Crippen LogP contribution in [0, 0.1) is 0 Å². The summed E-state index contributed by atoms with van der Waals surface area (Å²) in [6, 6.07) is -0.833. The van der Waals surface area contributed by atoms with E-state index in [1.165, 1.54) is 0 Å². The van der Waals surface area contributed by atoms with Crippen molar-refractivity contribution in [2.75, 3.05) is 6.54 Å². The van der Waals surface area contributed by atoms with Gasteiger partial charge in [-0.1, -0.05) is 0 Å². The summed E-state index contributed by atoms with van der Waals surface area (Å²) in [7, 11) is 0. The monoisotopic (exact) mass is 198 g/mol. The number of rotatable bonds is 1. The molecule has 0 aliphatic rings. The van der Waals surface area contributed by atoms with Gasteiger partial charge in [-0.05, 0) is 0 Å². The molecule has 0 bridgehead atoms. The Hall–Kier alpha value is -0.677. The van der Waals surface area contributed by atoms with E-state index in [9.17, 15) is 0 Å². The summed E-state index contributed by atoms with van der Waals surface area (Å²) in [6.07, 6.45) is 0. The van der Waals surface area contributed by atoms with Gasteiger partial charge in [-0.15, -0.1) is 0 Å².